The molecule has 0 saturated heterocycles. The highest BCUT2D eigenvalue weighted by Crippen LogP contribution is 2.41. The first-order valence-corrected chi connectivity index (χ1v) is 5.64. The molecule has 2 heteroatoms. The second-order valence-corrected chi connectivity index (χ2v) is 4.49. The van der Waals surface area contributed by atoms with Gasteiger partial charge < -0.3 is 10.1 Å². The normalized spacial score (nSPS) is 19.6. The quantitative estimate of drug-likeness (QED) is 0.800. The van der Waals surface area contributed by atoms with Crippen LogP contribution in [0.15, 0.2) is 18.2 Å². The van der Waals surface area contributed by atoms with Crippen molar-refractivity contribution in [2.45, 2.75) is 26.2 Å². The summed E-state index contributed by atoms with van der Waals surface area (Å²) < 4.78 is 5.38. The summed E-state index contributed by atoms with van der Waals surface area (Å²) >= 11 is 0. The summed E-state index contributed by atoms with van der Waals surface area (Å²) in [6.07, 6.45) is 1.22. The molecule has 2 nitrogen and oxygen atoms in total. The Kier molecular flexibility index (Phi) is 2.85. The summed E-state index contributed by atoms with van der Waals surface area (Å²) in [5.74, 6) is 2.33. The van der Waals surface area contributed by atoms with Crippen LogP contribution in [0.5, 0.6) is 5.75 Å². The third kappa shape index (κ3) is 1.81. The van der Waals surface area contributed by atoms with Crippen molar-refractivity contribution in [2.24, 2.45) is 5.92 Å². The Labute approximate surface area is 91.6 Å². The fourth-order valence-corrected chi connectivity index (χ4v) is 2.42. The standard InChI is InChI=1S/C13H19NO/c1-9(2)10-7-8-14-13-11(10)5-4-6-12(13)15-3/h4-6,9-10,14H,7-8H2,1-3H3. The number of methoxy groups -OCH3 is 1. The van der Waals surface area contributed by atoms with Crippen LogP contribution in [0.3, 0.4) is 0 Å². The van der Waals surface area contributed by atoms with Gasteiger partial charge in [0.05, 0.1) is 12.8 Å². The van der Waals surface area contributed by atoms with Gasteiger partial charge in [0, 0.05) is 6.54 Å². The van der Waals surface area contributed by atoms with Gasteiger partial charge in [-0.05, 0) is 29.9 Å². The first-order chi connectivity index (χ1) is 7.24. The largest absolute Gasteiger partial charge is 0.495 e. The van der Waals surface area contributed by atoms with E-state index in [0.29, 0.717) is 11.8 Å². The van der Waals surface area contributed by atoms with E-state index in [4.69, 9.17) is 4.74 Å². The topological polar surface area (TPSA) is 21.3 Å². The molecule has 0 radical (unpaired) electrons. The smallest absolute Gasteiger partial charge is 0.142 e. The number of rotatable bonds is 2. The van der Waals surface area contributed by atoms with Crippen molar-refractivity contribution < 1.29 is 4.74 Å². The zero-order chi connectivity index (χ0) is 10.8. The van der Waals surface area contributed by atoms with Gasteiger partial charge in [-0.15, -0.1) is 0 Å². The molecule has 0 aliphatic carbocycles. The minimum Gasteiger partial charge on any atom is -0.495 e. The van der Waals surface area contributed by atoms with Gasteiger partial charge in [-0.3, -0.25) is 0 Å². The van der Waals surface area contributed by atoms with Crippen molar-refractivity contribution in [3.8, 4) is 5.75 Å². The lowest BCUT2D eigenvalue weighted by molar-refractivity contribution is 0.410. The van der Waals surface area contributed by atoms with E-state index in [9.17, 15) is 0 Å². The molecule has 1 aromatic rings. The van der Waals surface area contributed by atoms with E-state index in [1.54, 1.807) is 7.11 Å². The van der Waals surface area contributed by atoms with Crippen LogP contribution in [0, 0.1) is 5.92 Å². The third-order valence-electron chi connectivity index (χ3n) is 3.24. The van der Waals surface area contributed by atoms with Crippen LogP contribution in [0.4, 0.5) is 5.69 Å². The van der Waals surface area contributed by atoms with Crippen molar-refractivity contribution in [2.75, 3.05) is 19.0 Å². The molecule has 2 rings (SSSR count). The van der Waals surface area contributed by atoms with Crippen molar-refractivity contribution >= 4 is 5.69 Å². The molecule has 0 amide bonds. The maximum absolute atomic E-state index is 5.38. The number of fused-ring (bicyclic) bond motifs is 1. The summed E-state index contributed by atoms with van der Waals surface area (Å²) in [6.45, 7) is 5.63. The second-order valence-electron chi connectivity index (χ2n) is 4.49. The molecule has 15 heavy (non-hydrogen) atoms. The lowest BCUT2D eigenvalue weighted by atomic mass is 9.82. The molecule has 1 aliphatic heterocycles. The van der Waals surface area contributed by atoms with Gasteiger partial charge in [-0.25, -0.2) is 0 Å². The molecule has 1 aliphatic rings. The fraction of sp³-hybridized carbons (Fsp3) is 0.538. The number of hydrogen-bond acceptors (Lipinski definition) is 2. The Hall–Kier alpha value is -1.18. The molecule has 0 bridgehead atoms. The van der Waals surface area contributed by atoms with Crippen molar-refractivity contribution in [3.05, 3.63) is 23.8 Å². The number of nitrogens with one attached hydrogen (secondary N) is 1. The van der Waals surface area contributed by atoms with Gasteiger partial charge >= 0.3 is 0 Å². The van der Waals surface area contributed by atoms with Crippen LogP contribution in [0.25, 0.3) is 0 Å². The molecule has 0 spiro atoms. The van der Waals surface area contributed by atoms with E-state index >= 15 is 0 Å². The van der Waals surface area contributed by atoms with Crippen LogP contribution in [-0.4, -0.2) is 13.7 Å². The van der Waals surface area contributed by atoms with Gasteiger partial charge in [0.2, 0.25) is 0 Å². The Morgan fingerprint density at radius 1 is 1.40 bits per heavy atom. The molecule has 1 aromatic carbocycles. The summed E-state index contributed by atoms with van der Waals surface area (Å²) in [5, 5.41) is 3.44. The Bertz CT molecular complexity index is 346. The molecular weight excluding hydrogens is 186 g/mol. The predicted molar refractivity (Wildman–Crippen MR) is 63.7 cm³/mol. The van der Waals surface area contributed by atoms with Gasteiger partial charge in [0.15, 0.2) is 0 Å². The number of para-hydroxylation sites is 1. The minimum absolute atomic E-state index is 0.663. The molecular formula is C13H19NO. The molecule has 1 unspecified atom stereocenters. The van der Waals surface area contributed by atoms with Crippen molar-refractivity contribution in [1.29, 1.82) is 0 Å². The minimum atomic E-state index is 0.663. The number of anilines is 1. The first-order valence-electron chi connectivity index (χ1n) is 5.64. The molecule has 1 atom stereocenters. The summed E-state index contributed by atoms with van der Waals surface area (Å²) in [7, 11) is 1.73. The van der Waals surface area contributed by atoms with E-state index in [2.05, 4.69) is 31.3 Å². The van der Waals surface area contributed by atoms with Crippen LogP contribution in [-0.2, 0) is 0 Å². The van der Waals surface area contributed by atoms with E-state index < -0.39 is 0 Å². The first kappa shape index (κ1) is 10.3. The molecule has 0 fully saturated rings. The maximum atomic E-state index is 5.38. The fourth-order valence-electron chi connectivity index (χ4n) is 2.42. The van der Waals surface area contributed by atoms with E-state index in [1.807, 2.05) is 6.07 Å². The third-order valence-corrected chi connectivity index (χ3v) is 3.24. The van der Waals surface area contributed by atoms with Crippen LogP contribution < -0.4 is 10.1 Å². The highest BCUT2D eigenvalue weighted by atomic mass is 16.5. The lowest BCUT2D eigenvalue weighted by Gasteiger charge is -2.30. The monoisotopic (exact) mass is 205 g/mol. The van der Waals surface area contributed by atoms with Gasteiger partial charge in [-0.2, -0.15) is 0 Å². The molecule has 1 N–H and O–H groups in total. The summed E-state index contributed by atoms with van der Waals surface area (Å²) in [5.41, 5.74) is 2.61. The number of hydrogen-bond donors (Lipinski definition) is 1. The van der Waals surface area contributed by atoms with Crippen molar-refractivity contribution in [3.63, 3.8) is 0 Å². The van der Waals surface area contributed by atoms with Crippen LogP contribution in [0.2, 0.25) is 0 Å². The average Bonchev–Trinajstić information content (AvgIpc) is 2.27. The maximum Gasteiger partial charge on any atom is 0.142 e. The van der Waals surface area contributed by atoms with Gasteiger partial charge in [0.25, 0.3) is 0 Å². The zero-order valence-corrected chi connectivity index (χ0v) is 9.71. The Balaban J connectivity index is 2.44. The van der Waals surface area contributed by atoms with E-state index in [-0.39, 0.29) is 0 Å². The zero-order valence-electron chi connectivity index (χ0n) is 9.71. The molecule has 0 saturated carbocycles. The Morgan fingerprint density at radius 3 is 2.87 bits per heavy atom. The van der Waals surface area contributed by atoms with E-state index in [0.717, 1.165) is 12.3 Å². The average molecular weight is 205 g/mol. The highest BCUT2D eigenvalue weighted by molar-refractivity contribution is 5.64. The molecule has 82 valence electrons. The van der Waals surface area contributed by atoms with Gasteiger partial charge in [-0.1, -0.05) is 26.0 Å². The summed E-state index contributed by atoms with van der Waals surface area (Å²) in [6, 6.07) is 6.32. The SMILES string of the molecule is COc1cccc2c1NCCC2C(C)C. The summed E-state index contributed by atoms with van der Waals surface area (Å²) in [4.78, 5) is 0. The molecule has 1 heterocycles. The van der Waals surface area contributed by atoms with E-state index in [1.165, 1.54) is 17.7 Å². The second kappa shape index (κ2) is 4.13. The predicted octanol–water partition coefficient (Wildman–Crippen LogP) is 3.25. The number of benzene rings is 1. The van der Waals surface area contributed by atoms with Crippen LogP contribution >= 0.6 is 0 Å². The Morgan fingerprint density at radius 2 is 2.20 bits per heavy atom. The lowest BCUT2D eigenvalue weighted by Crippen LogP contribution is -2.20. The van der Waals surface area contributed by atoms with Crippen molar-refractivity contribution in [1.82, 2.24) is 0 Å². The van der Waals surface area contributed by atoms with Crippen LogP contribution in [0.1, 0.15) is 31.7 Å². The highest BCUT2D eigenvalue weighted by Gasteiger charge is 2.24. The number of ether oxygens (including phenoxy) is 1. The van der Waals surface area contributed by atoms with Gasteiger partial charge in [0.1, 0.15) is 5.75 Å². The molecule has 0 aromatic heterocycles.